The van der Waals surface area contributed by atoms with Crippen molar-refractivity contribution >= 4 is 15.9 Å². The number of benzene rings is 1. The molecule has 0 aliphatic heterocycles. The quantitative estimate of drug-likeness (QED) is 0.896. The molecular formula is C12H18BrFN2. The van der Waals surface area contributed by atoms with E-state index in [1.165, 1.54) is 6.07 Å². The number of nitrogens with one attached hydrogen (secondary N) is 1. The van der Waals surface area contributed by atoms with Crippen LogP contribution in [0.25, 0.3) is 0 Å². The van der Waals surface area contributed by atoms with Crippen molar-refractivity contribution in [1.82, 2.24) is 10.2 Å². The first-order chi connectivity index (χ1) is 7.49. The number of halogens is 2. The van der Waals surface area contributed by atoms with E-state index in [1.807, 2.05) is 14.1 Å². The number of nitrogens with zero attached hydrogens (tertiary/aromatic N) is 1. The van der Waals surface area contributed by atoms with Crippen LogP contribution >= 0.6 is 15.9 Å². The van der Waals surface area contributed by atoms with Gasteiger partial charge in [0.15, 0.2) is 0 Å². The largest absolute Gasteiger partial charge is 0.309 e. The van der Waals surface area contributed by atoms with Gasteiger partial charge < -0.3 is 10.2 Å². The van der Waals surface area contributed by atoms with Crippen LogP contribution in [0.5, 0.6) is 0 Å². The van der Waals surface area contributed by atoms with E-state index in [-0.39, 0.29) is 5.82 Å². The van der Waals surface area contributed by atoms with Crippen LogP contribution in [0.15, 0.2) is 22.7 Å². The summed E-state index contributed by atoms with van der Waals surface area (Å²) in [6.07, 6.45) is 0. The molecule has 0 radical (unpaired) electrons. The minimum atomic E-state index is -0.194. The van der Waals surface area contributed by atoms with Gasteiger partial charge in [0.25, 0.3) is 0 Å². The van der Waals surface area contributed by atoms with Crippen LogP contribution < -0.4 is 5.32 Å². The van der Waals surface area contributed by atoms with Crippen LogP contribution in [0.2, 0.25) is 0 Å². The van der Waals surface area contributed by atoms with Crippen molar-refractivity contribution < 1.29 is 4.39 Å². The van der Waals surface area contributed by atoms with Crippen LogP contribution in [0.1, 0.15) is 12.5 Å². The maximum Gasteiger partial charge on any atom is 0.123 e. The molecular weight excluding hydrogens is 271 g/mol. The molecule has 1 atom stereocenters. The molecule has 4 heteroatoms. The maximum atomic E-state index is 13.0. The Kier molecular flexibility index (Phi) is 5.38. The molecule has 1 aromatic rings. The Bertz CT molecular complexity index is 342. The molecule has 0 saturated heterocycles. The van der Waals surface area contributed by atoms with Crippen molar-refractivity contribution in [2.45, 2.75) is 19.5 Å². The lowest BCUT2D eigenvalue weighted by molar-refractivity contribution is 0.349. The van der Waals surface area contributed by atoms with Crippen molar-refractivity contribution in [3.05, 3.63) is 34.1 Å². The zero-order chi connectivity index (χ0) is 12.1. The van der Waals surface area contributed by atoms with E-state index >= 15 is 0 Å². The summed E-state index contributed by atoms with van der Waals surface area (Å²) in [5, 5.41) is 3.36. The van der Waals surface area contributed by atoms with Gasteiger partial charge in [-0.05, 0) is 44.8 Å². The van der Waals surface area contributed by atoms with E-state index in [9.17, 15) is 4.39 Å². The highest BCUT2D eigenvalue weighted by molar-refractivity contribution is 9.10. The molecule has 1 aromatic carbocycles. The summed E-state index contributed by atoms with van der Waals surface area (Å²) in [7, 11) is 4.08. The van der Waals surface area contributed by atoms with Gasteiger partial charge >= 0.3 is 0 Å². The Labute approximate surface area is 105 Å². The smallest absolute Gasteiger partial charge is 0.123 e. The van der Waals surface area contributed by atoms with Crippen LogP contribution in [-0.2, 0) is 6.54 Å². The monoisotopic (exact) mass is 288 g/mol. The van der Waals surface area contributed by atoms with Gasteiger partial charge in [0.1, 0.15) is 5.82 Å². The van der Waals surface area contributed by atoms with Crippen molar-refractivity contribution in [2.24, 2.45) is 0 Å². The van der Waals surface area contributed by atoms with Gasteiger partial charge in [0, 0.05) is 23.6 Å². The third kappa shape index (κ3) is 4.60. The predicted molar refractivity (Wildman–Crippen MR) is 69.0 cm³/mol. The highest BCUT2D eigenvalue weighted by atomic mass is 79.9. The molecule has 1 rings (SSSR count). The van der Waals surface area contributed by atoms with Crippen LogP contribution in [-0.4, -0.2) is 31.6 Å². The molecule has 0 spiro atoms. The van der Waals surface area contributed by atoms with Crippen molar-refractivity contribution in [3.63, 3.8) is 0 Å². The molecule has 0 heterocycles. The number of hydrogen-bond acceptors (Lipinski definition) is 2. The van der Waals surface area contributed by atoms with E-state index in [0.29, 0.717) is 12.6 Å². The summed E-state index contributed by atoms with van der Waals surface area (Å²) in [5.74, 6) is -0.194. The molecule has 90 valence electrons. The fraction of sp³-hybridized carbons (Fsp3) is 0.500. The van der Waals surface area contributed by atoms with Crippen LogP contribution in [0, 0.1) is 5.82 Å². The molecule has 1 unspecified atom stereocenters. The van der Waals surface area contributed by atoms with Crippen LogP contribution in [0.4, 0.5) is 4.39 Å². The Morgan fingerprint density at radius 3 is 2.75 bits per heavy atom. The highest BCUT2D eigenvalue weighted by Crippen LogP contribution is 2.17. The summed E-state index contributed by atoms with van der Waals surface area (Å²) < 4.78 is 14.0. The lowest BCUT2D eigenvalue weighted by atomic mass is 10.2. The molecule has 0 aliphatic rings. The standard InChI is InChI=1S/C12H18BrFN2/c1-9(8-16(2)3)15-7-10-6-11(14)4-5-12(10)13/h4-6,9,15H,7-8H2,1-3H3. The third-order valence-electron chi connectivity index (χ3n) is 2.29. The molecule has 2 nitrogen and oxygen atoms in total. The lowest BCUT2D eigenvalue weighted by Crippen LogP contribution is -2.35. The summed E-state index contributed by atoms with van der Waals surface area (Å²) in [6, 6.07) is 5.13. The maximum absolute atomic E-state index is 13.0. The first kappa shape index (κ1) is 13.6. The molecule has 1 N–H and O–H groups in total. The number of hydrogen-bond donors (Lipinski definition) is 1. The Hall–Kier alpha value is -0.450. The van der Waals surface area contributed by atoms with Crippen molar-refractivity contribution in [2.75, 3.05) is 20.6 Å². The van der Waals surface area contributed by atoms with Gasteiger partial charge in [-0.2, -0.15) is 0 Å². The Morgan fingerprint density at radius 2 is 2.12 bits per heavy atom. The SMILES string of the molecule is CC(CN(C)C)NCc1cc(F)ccc1Br. The third-order valence-corrected chi connectivity index (χ3v) is 3.06. The first-order valence-corrected chi connectivity index (χ1v) is 6.10. The van der Waals surface area contributed by atoms with Gasteiger partial charge in [-0.25, -0.2) is 4.39 Å². The van der Waals surface area contributed by atoms with Crippen molar-refractivity contribution in [1.29, 1.82) is 0 Å². The molecule has 0 fully saturated rings. The zero-order valence-electron chi connectivity index (χ0n) is 9.93. The van der Waals surface area contributed by atoms with Gasteiger partial charge in [0.05, 0.1) is 0 Å². The lowest BCUT2D eigenvalue weighted by Gasteiger charge is -2.18. The average molecular weight is 289 g/mol. The normalized spacial score (nSPS) is 13.1. The average Bonchev–Trinajstić information content (AvgIpc) is 2.18. The Morgan fingerprint density at radius 1 is 1.44 bits per heavy atom. The second-order valence-corrected chi connectivity index (χ2v) is 5.13. The van der Waals surface area contributed by atoms with E-state index < -0.39 is 0 Å². The highest BCUT2D eigenvalue weighted by Gasteiger charge is 2.05. The van der Waals surface area contributed by atoms with Gasteiger partial charge in [0.2, 0.25) is 0 Å². The Balaban J connectivity index is 2.51. The second kappa shape index (κ2) is 6.33. The summed E-state index contributed by atoms with van der Waals surface area (Å²) in [6.45, 7) is 3.76. The second-order valence-electron chi connectivity index (χ2n) is 4.28. The van der Waals surface area contributed by atoms with E-state index in [1.54, 1.807) is 12.1 Å². The van der Waals surface area contributed by atoms with Gasteiger partial charge in [-0.3, -0.25) is 0 Å². The molecule has 0 aliphatic carbocycles. The number of likely N-dealkylation sites (N-methyl/N-ethyl adjacent to an activating group) is 1. The predicted octanol–water partition coefficient (Wildman–Crippen LogP) is 2.63. The van der Waals surface area contributed by atoms with E-state index in [4.69, 9.17) is 0 Å². The fourth-order valence-corrected chi connectivity index (χ4v) is 1.96. The topological polar surface area (TPSA) is 15.3 Å². The summed E-state index contributed by atoms with van der Waals surface area (Å²) in [4.78, 5) is 2.12. The molecule has 16 heavy (non-hydrogen) atoms. The van der Waals surface area contributed by atoms with Gasteiger partial charge in [-0.1, -0.05) is 15.9 Å². The summed E-state index contributed by atoms with van der Waals surface area (Å²) in [5.41, 5.74) is 0.950. The van der Waals surface area contributed by atoms with Gasteiger partial charge in [-0.15, -0.1) is 0 Å². The molecule has 0 saturated carbocycles. The zero-order valence-corrected chi connectivity index (χ0v) is 11.5. The molecule has 0 amide bonds. The molecule has 0 bridgehead atoms. The van der Waals surface area contributed by atoms with E-state index in [2.05, 4.69) is 33.1 Å². The summed E-state index contributed by atoms with van der Waals surface area (Å²) >= 11 is 3.41. The fourth-order valence-electron chi connectivity index (χ4n) is 1.58. The minimum absolute atomic E-state index is 0.194. The first-order valence-electron chi connectivity index (χ1n) is 5.31. The van der Waals surface area contributed by atoms with Crippen LogP contribution in [0.3, 0.4) is 0 Å². The van der Waals surface area contributed by atoms with E-state index in [0.717, 1.165) is 16.6 Å². The number of rotatable bonds is 5. The molecule has 0 aromatic heterocycles. The minimum Gasteiger partial charge on any atom is -0.309 e. The van der Waals surface area contributed by atoms with Crippen molar-refractivity contribution in [3.8, 4) is 0 Å².